The summed E-state index contributed by atoms with van der Waals surface area (Å²) >= 11 is 4.84. The van der Waals surface area contributed by atoms with Gasteiger partial charge in [-0.15, -0.1) is 0 Å². The van der Waals surface area contributed by atoms with E-state index in [4.69, 9.17) is 22.7 Å². The summed E-state index contributed by atoms with van der Waals surface area (Å²) in [5.74, 6) is -0.468. The van der Waals surface area contributed by atoms with Crippen LogP contribution in [-0.2, 0) is 9.47 Å². The van der Waals surface area contributed by atoms with Crippen molar-refractivity contribution in [3.63, 3.8) is 0 Å². The molecule has 8 nitrogen and oxygen atoms in total. The molecule has 1 aromatic carbocycles. The number of nitrogens with two attached hydrogens (primary N) is 1. The van der Waals surface area contributed by atoms with Crippen LogP contribution in [0.4, 0.5) is 16.2 Å². The number of carbonyl (C=O) groups excluding carboxylic acids is 2. The minimum absolute atomic E-state index is 0.0666. The van der Waals surface area contributed by atoms with Gasteiger partial charge in [0.25, 0.3) is 0 Å². The summed E-state index contributed by atoms with van der Waals surface area (Å²) < 4.78 is 9.83. The van der Waals surface area contributed by atoms with Gasteiger partial charge in [-0.25, -0.2) is 9.59 Å². The van der Waals surface area contributed by atoms with Crippen LogP contribution in [0.5, 0.6) is 0 Å². The molecule has 0 saturated carbocycles. The predicted octanol–water partition coefficient (Wildman–Crippen LogP) is 2.07. The van der Waals surface area contributed by atoms with Gasteiger partial charge in [0.2, 0.25) is 0 Å². The number of nitrogens with one attached hydrogen (secondary N) is 3. The van der Waals surface area contributed by atoms with Gasteiger partial charge in [-0.2, -0.15) is 0 Å². The maximum absolute atomic E-state index is 11.6. The monoisotopic (exact) mass is 368 g/mol. The molecule has 0 aliphatic heterocycles. The van der Waals surface area contributed by atoms with Gasteiger partial charge in [0, 0.05) is 13.1 Å². The number of ether oxygens (including phenoxy) is 2. The Hall–Kier alpha value is -2.55. The third-order valence-corrected chi connectivity index (χ3v) is 2.91. The van der Waals surface area contributed by atoms with E-state index >= 15 is 0 Å². The molecule has 25 heavy (non-hydrogen) atoms. The van der Waals surface area contributed by atoms with E-state index in [0.717, 1.165) is 0 Å². The average molecular weight is 368 g/mol. The van der Waals surface area contributed by atoms with Crippen LogP contribution in [0.3, 0.4) is 0 Å². The van der Waals surface area contributed by atoms with Gasteiger partial charge >= 0.3 is 12.1 Å². The van der Waals surface area contributed by atoms with Crippen molar-refractivity contribution >= 4 is 40.8 Å². The summed E-state index contributed by atoms with van der Waals surface area (Å²) in [5, 5.41) is 8.63. The molecule has 1 aromatic rings. The van der Waals surface area contributed by atoms with Crippen molar-refractivity contribution in [1.82, 2.24) is 5.32 Å². The van der Waals surface area contributed by atoms with Gasteiger partial charge in [-0.1, -0.05) is 0 Å². The van der Waals surface area contributed by atoms with Crippen LogP contribution < -0.4 is 21.7 Å². The standard InChI is InChI=1S/C16H24N4O4S/c1-16(2,3)24-15(22)19-8-7-18-11-6-5-10(13(21)23-4)9-12(11)20-14(17)25/h5-6,9,18H,7-8H2,1-4H3,(H,19,22)(H3,17,20,25). The number of rotatable bonds is 6. The maximum atomic E-state index is 11.6. The Morgan fingerprint density at radius 2 is 1.88 bits per heavy atom. The molecular formula is C16H24N4O4S. The van der Waals surface area contributed by atoms with E-state index < -0.39 is 17.7 Å². The molecule has 5 N–H and O–H groups in total. The Bertz CT molecular complexity index is 644. The second kappa shape index (κ2) is 9.07. The van der Waals surface area contributed by atoms with E-state index in [0.29, 0.717) is 30.0 Å². The summed E-state index contributed by atoms with van der Waals surface area (Å²) in [7, 11) is 1.30. The molecule has 0 spiro atoms. The van der Waals surface area contributed by atoms with E-state index in [9.17, 15) is 9.59 Å². The molecule has 0 aliphatic carbocycles. The molecule has 0 aromatic heterocycles. The SMILES string of the molecule is COC(=O)c1ccc(NCCNC(=O)OC(C)(C)C)c(NC(N)=S)c1. The lowest BCUT2D eigenvalue weighted by Gasteiger charge is -2.20. The van der Waals surface area contributed by atoms with Gasteiger partial charge in [0.15, 0.2) is 5.11 Å². The first kappa shape index (κ1) is 20.5. The van der Waals surface area contributed by atoms with Gasteiger partial charge in [-0.3, -0.25) is 0 Å². The number of anilines is 2. The third-order valence-electron chi connectivity index (χ3n) is 2.81. The van der Waals surface area contributed by atoms with E-state index in [-0.39, 0.29) is 5.11 Å². The lowest BCUT2D eigenvalue weighted by atomic mass is 10.1. The summed E-state index contributed by atoms with van der Waals surface area (Å²) in [4.78, 5) is 23.2. The second-order valence-electron chi connectivity index (χ2n) is 6.10. The molecule has 0 fully saturated rings. The summed E-state index contributed by atoms with van der Waals surface area (Å²) in [6, 6.07) is 4.88. The van der Waals surface area contributed by atoms with Crippen molar-refractivity contribution in [3.05, 3.63) is 23.8 Å². The van der Waals surface area contributed by atoms with Crippen molar-refractivity contribution in [1.29, 1.82) is 0 Å². The Balaban J connectivity index is 2.66. The van der Waals surface area contributed by atoms with Crippen LogP contribution >= 0.6 is 12.2 Å². The van der Waals surface area contributed by atoms with Crippen molar-refractivity contribution < 1.29 is 19.1 Å². The number of methoxy groups -OCH3 is 1. The molecule has 0 radical (unpaired) electrons. The zero-order chi connectivity index (χ0) is 19.0. The third kappa shape index (κ3) is 7.71. The van der Waals surface area contributed by atoms with Gasteiger partial charge in [0.05, 0.1) is 24.0 Å². The molecule has 0 saturated heterocycles. The molecular weight excluding hydrogens is 344 g/mol. The molecule has 0 bridgehead atoms. The van der Waals surface area contributed by atoms with Gasteiger partial charge in [0.1, 0.15) is 5.60 Å². The molecule has 1 rings (SSSR count). The highest BCUT2D eigenvalue weighted by molar-refractivity contribution is 7.80. The Kier molecular flexibility index (Phi) is 7.43. The van der Waals surface area contributed by atoms with Crippen molar-refractivity contribution in [2.24, 2.45) is 5.73 Å². The van der Waals surface area contributed by atoms with Crippen LogP contribution in [0.1, 0.15) is 31.1 Å². The summed E-state index contributed by atoms with van der Waals surface area (Å²) in [6.07, 6.45) is -0.489. The minimum atomic E-state index is -0.546. The van der Waals surface area contributed by atoms with Crippen molar-refractivity contribution in [2.75, 3.05) is 30.8 Å². The second-order valence-corrected chi connectivity index (χ2v) is 6.54. The summed E-state index contributed by atoms with van der Waals surface area (Å²) in [5.41, 5.74) is 6.53. The van der Waals surface area contributed by atoms with Crippen molar-refractivity contribution in [2.45, 2.75) is 26.4 Å². The van der Waals surface area contributed by atoms with E-state index in [1.54, 1.807) is 39.0 Å². The van der Waals surface area contributed by atoms with Crippen LogP contribution in [0.15, 0.2) is 18.2 Å². The first-order valence-corrected chi connectivity index (χ1v) is 8.03. The lowest BCUT2D eigenvalue weighted by molar-refractivity contribution is 0.0528. The molecule has 138 valence electrons. The highest BCUT2D eigenvalue weighted by Crippen LogP contribution is 2.23. The fourth-order valence-electron chi connectivity index (χ4n) is 1.86. The summed E-state index contributed by atoms with van der Waals surface area (Å²) in [6.45, 7) is 6.16. The first-order chi connectivity index (χ1) is 11.6. The van der Waals surface area contributed by atoms with Crippen LogP contribution in [0.25, 0.3) is 0 Å². The average Bonchev–Trinajstić information content (AvgIpc) is 2.49. The maximum Gasteiger partial charge on any atom is 0.407 e. The normalized spacial score (nSPS) is 10.6. The molecule has 9 heteroatoms. The van der Waals surface area contributed by atoms with Crippen molar-refractivity contribution in [3.8, 4) is 0 Å². The predicted molar refractivity (Wildman–Crippen MR) is 101 cm³/mol. The zero-order valence-corrected chi connectivity index (χ0v) is 15.6. The number of hydrogen-bond donors (Lipinski definition) is 4. The fourth-order valence-corrected chi connectivity index (χ4v) is 1.97. The largest absolute Gasteiger partial charge is 0.465 e. The number of thiocarbonyl (C=S) groups is 1. The number of esters is 1. The molecule has 0 atom stereocenters. The lowest BCUT2D eigenvalue weighted by Crippen LogP contribution is -2.35. The van der Waals surface area contributed by atoms with Gasteiger partial charge in [-0.05, 0) is 51.2 Å². The van der Waals surface area contributed by atoms with E-state index in [1.807, 2.05) is 0 Å². The molecule has 1 amide bonds. The quantitative estimate of drug-likeness (QED) is 0.343. The number of amides is 1. The van der Waals surface area contributed by atoms with Crippen LogP contribution in [0.2, 0.25) is 0 Å². The first-order valence-electron chi connectivity index (χ1n) is 7.62. The molecule has 0 aliphatic rings. The van der Waals surface area contributed by atoms with Crippen LogP contribution in [0, 0.1) is 0 Å². The topological polar surface area (TPSA) is 115 Å². The Morgan fingerprint density at radius 1 is 1.20 bits per heavy atom. The highest BCUT2D eigenvalue weighted by atomic mass is 32.1. The number of alkyl carbamates (subject to hydrolysis) is 1. The van der Waals surface area contributed by atoms with E-state index in [2.05, 4.69) is 20.7 Å². The number of hydrogen-bond acceptors (Lipinski definition) is 6. The Morgan fingerprint density at radius 3 is 2.44 bits per heavy atom. The Labute approximate surface area is 152 Å². The highest BCUT2D eigenvalue weighted by Gasteiger charge is 2.15. The fraction of sp³-hybridized carbons (Fsp3) is 0.438. The molecule has 0 unspecified atom stereocenters. The number of benzene rings is 1. The van der Waals surface area contributed by atoms with Crippen LogP contribution in [-0.4, -0.2) is 43.0 Å². The zero-order valence-electron chi connectivity index (χ0n) is 14.8. The number of carbonyl (C=O) groups is 2. The van der Waals surface area contributed by atoms with E-state index in [1.165, 1.54) is 7.11 Å². The van der Waals surface area contributed by atoms with Gasteiger partial charge < -0.3 is 31.2 Å². The minimum Gasteiger partial charge on any atom is -0.465 e. The molecule has 0 heterocycles. The smallest absolute Gasteiger partial charge is 0.407 e.